The quantitative estimate of drug-likeness (QED) is 0.772. The summed E-state index contributed by atoms with van der Waals surface area (Å²) in [7, 11) is 0. The van der Waals surface area contributed by atoms with Crippen LogP contribution in [0.25, 0.3) is 0 Å². The number of aromatic nitrogens is 3. The van der Waals surface area contributed by atoms with Gasteiger partial charge in [0.1, 0.15) is 5.82 Å². The van der Waals surface area contributed by atoms with Gasteiger partial charge in [-0.3, -0.25) is 4.79 Å². The van der Waals surface area contributed by atoms with Gasteiger partial charge in [-0.2, -0.15) is 5.10 Å². The van der Waals surface area contributed by atoms with Gasteiger partial charge in [0.25, 0.3) is 0 Å². The molecule has 0 radical (unpaired) electrons. The molecule has 0 spiro atoms. The Morgan fingerprint density at radius 2 is 2.56 bits per heavy atom. The van der Waals surface area contributed by atoms with Crippen molar-refractivity contribution in [3.8, 4) is 0 Å². The van der Waals surface area contributed by atoms with E-state index >= 15 is 0 Å². The van der Waals surface area contributed by atoms with Crippen molar-refractivity contribution in [1.82, 2.24) is 20.1 Å². The Labute approximate surface area is 94.6 Å². The molecule has 1 unspecified atom stereocenters. The molecule has 0 aromatic carbocycles. The van der Waals surface area contributed by atoms with Crippen molar-refractivity contribution in [2.45, 2.75) is 38.8 Å². The normalized spacial score (nSPS) is 18.9. The van der Waals surface area contributed by atoms with Crippen LogP contribution in [0.1, 0.15) is 37.5 Å². The lowest BCUT2D eigenvalue weighted by Gasteiger charge is -2.22. The van der Waals surface area contributed by atoms with Gasteiger partial charge in [-0.15, -0.1) is 0 Å². The van der Waals surface area contributed by atoms with E-state index in [1.165, 1.54) is 6.08 Å². The molecule has 0 bridgehead atoms. The van der Waals surface area contributed by atoms with Crippen LogP contribution in [-0.4, -0.2) is 20.7 Å². The van der Waals surface area contributed by atoms with Crippen LogP contribution in [0.15, 0.2) is 12.7 Å². The smallest absolute Gasteiger partial charge is 0.243 e. The lowest BCUT2D eigenvalue weighted by Crippen LogP contribution is -2.32. The number of nitrogens with one attached hydrogen (secondary N) is 1. The maximum atomic E-state index is 11.3. The molecule has 1 aliphatic heterocycles. The third-order valence-corrected chi connectivity index (χ3v) is 2.74. The first kappa shape index (κ1) is 10.9. The highest BCUT2D eigenvalue weighted by Gasteiger charge is 2.24. The number of carbonyl (C=O) groups excluding carboxylic acids is 1. The molecule has 1 N–H and O–H groups in total. The monoisotopic (exact) mass is 220 g/mol. The summed E-state index contributed by atoms with van der Waals surface area (Å²) >= 11 is 0. The Hall–Kier alpha value is -1.65. The van der Waals surface area contributed by atoms with Gasteiger partial charge in [0.05, 0.1) is 6.04 Å². The second-order valence-corrected chi connectivity index (χ2v) is 3.87. The van der Waals surface area contributed by atoms with Crippen molar-refractivity contribution in [2.24, 2.45) is 0 Å². The minimum atomic E-state index is -0.153. The number of carbonyl (C=O) groups is 1. The van der Waals surface area contributed by atoms with Gasteiger partial charge < -0.3 is 5.32 Å². The van der Waals surface area contributed by atoms with Gasteiger partial charge in [-0.05, 0) is 18.9 Å². The van der Waals surface area contributed by atoms with E-state index < -0.39 is 0 Å². The van der Waals surface area contributed by atoms with E-state index in [0.717, 1.165) is 37.5 Å². The summed E-state index contributed by atoms with van der Waals surface area (Å²) in [6, 6.07) is -0.0212. The zero-order valence-corrected chi connectivity index (χ0v) is 9.44. The van der Waals surface area contributed by atoms with E-state index in [4.69, 9.17) is 0 Å². The van der Waals surface area contributed by atoms with Crippen LogP contribution < -0.4 is 5.32 Å². The van der Waals surface area contributed by atoms with Crippen LogP contribution in [0.3, 0.4) is 0 Å². The molecule has 1 amide bonds. The van der Waals surface area contributed by atoms with Gasteiger partial charge >= 0.3 is 0 Å². The Morgan fingerprint density at radius 1 is 1.75 bits per heavy atom. The fourth-order valence-corrected chi connectivity index (χ4v) is 1.92. The van der Waals surface area contributed by atoms with Crippen molar-refractivity contribution in [3.05, 3.63) is 24.3 Å². The molecule has 0 fully saturated rings. The van der Waals surface area contributed by atoms with E-state index in [0.29, 0.717) is 0 Å². The molecule has 2 heterocycles. The minimum absolute atomic E-state index is 0.0212. The third kappa shape index (κ3) is 1.98. The summed E-state index contributed by atoms with van der Waals surface area (Å²) in [6.45, 7) is 6.37. The number of hydrogen-bond donors (Lipinski definition) is 1. The van der Waals surface area contributed by atoms with Crippen LogP contribution in [0, 0.1) is 0 Å². The second kappa shape index (κ2) is 4.47. The summed E-state index contributed by atoms with van der Waals surface area (Å²) in [5, 5.41) is 7.26. The zero-order chi connectivity index (χ0) is 11.5. The van der Waals surface area contributed by atoms with Crippen LogP contribution in [0.4, 0.5) is 0 Å². The third-order valence-electron chi connectivity index (χ3n) is 2.74. The molecular formula is C11H16N4O. The van der Waals surface area contributed by atoms with Gasteiger partial charge in [-0.1, -0.05) is 13.5 Å². The maximum Gasteiger partial charge on any atom is 0.243 e. The number of amides is 1. The highest BCUT2D eigenvalue weighted by Crippen LogP contribution is 2.22. The summed E-state index contributed by atoms with van der Waals surface area (Å²) in [6.07, 6.45) is 4.04. The molecule has 1 aromatic heterocycles. The highest BCUT2D eigenvalue weighted by atomic mass is 16.1. The van der Waals surface area contributed by atoms with Crippen LogP contribution in [0.2, 0.25) is 0 Å². The lowest BCUT2D eigenvalue weighted by atomic mass is 10.1. The molecule has 0 saturated carbocycles. The lowest BCUT2D eigenvalue weighted by molar-refractivity contribution is -0.117. The number of nitrogens with zero attached hydrogens (tertiary/aromatic N) is 3. The number of hydrogen-bond acceptors (Lipinski definition) is 3. The average molecular weight is 220 g/mol. The van der Waals surface area contributed by atoms with Gasteiger partial charge in [0.15, 0.2) is 5.82 Å². The largest absolute Gasteiger partial charge is 0.343 e. The van der Waals surface area contributed by atoms with Crippen LogP contribution in [0.5, 0.6) is 0 Å². The van der Waals surface area contributed by atoms with Gasteiger partial charge in [0, 0.05) is 13.0 Å². The fraction of sp³-hybridized carbons (Fsp3) is 0.545. The van der Waals surface area contributed by atoms with Crippen molar-refractivity contribution >= 4 is 5.91 Å². The predicted molar refractivity (Wildman–Crippen MR) is 59.7 cm³/mol. The molecule has 2 rings (SSSR count). The summed E-state index contributed by atoms with van der Waals surface area (Å²) < 4.78 is 1.90. The first-order chi connectivity index (χ1) is 7.74. The molecule has 16 heavy (non-hydrogen) atoms. The SMILES string of the molecule is C=CC(=O)NC1CCCn2nc(CC)nc21. The van der Waals surface area contributed by atoms with E-state index in [1.807, 2.05) is 11.6 Å². The Kier molecular flexibility index (Phi) is 3.03. The minimum Gasteiger partial charge on any atom is -0.343 e. The summed E-state index contributed by atoms with van der Waals surface area (Å²) in [4.78, 5) is 15.7. The van der Waals surface area contributed by atoms with Crippen molar-refractivity contribution in [3.63, 3.8) is 0 Å². The molecular weight excluding hydrogens is 204 g/mol. The number of fused-ring (bicyclic) bond motifs is 1. The zero-order valence-electron chi connectivity index (χ0n) is 9.44. The number of aryl methyl sites for hydroxylation is 2. The first-order valence-corrected chi connectivity index (χ1v) is 5.61. The second-order valence-electron chi connectivity index (χ2n) is 3.87. The molecule has 0 saturated heterocycles. The molecule has 5 heteroatoms. The molecule has 5 nitrogen and oxygen atoms in total. The molecule has 0 aliphatic carbocycles. The molecule has 1 aromatic rings. The van der Waals surface area contributed by atoms with Crippen molar-refractivity contribution in [2.75, 3.05) is 0 Å². The average Bonchev–Trinajstić information content (AvgIpc) is 2.73. The summed E-state index contributed by atoms with van der Waals surface area (Å²) in [5.41, 5.74) is 0. The van der Waals surface area contributed by atoms with Crippen molar-refractivity contribution in [1.29, 1.82) is 0 Å². The van der Waals surface area contributed by atoms with E-state index in [-0.39, 0.29) is 11.9 Å². The standard InChI is InChI=1S/C11H16N4O/c1-3-9-13-11-8(12-10(16)4-2)6-5-7-15(11)14-9/h4,8H,2-3,5-7H2,1H3,(H,12,16). The predicted octanol–water partition coefficient (Wildman–Crippen LogP) is 0.978. The molecule has 1 atom stereocenters. The maximum absolute atomic E-state index is 11.3. The first-order valence-electron chi connectivity index (χ1n) is 5.61. The number of rotatable bonds is 3. The topological polar surface area (TPSA) is 59.8 Å². The van der Waals surface area contributed by atoms with Crippen LogP contribution in [-0.2, 0) is 17.8 Å². The van der Waals surface area contributed by atoms with Gasteiger partial charge in [-0.25, -0.2) is 9.67 Å². The van der Waals surface area contributed by atoms with E-state index in [1.54, 1.807) is 0 Å². The van der Waals surface area contributed by atoms with Gasteiger partial charge in [0.2, 0.25) is 5.91 Å². The Balaban J connectivity index is 2.21. The summed E-state index contributed by atoms with van der Waals surface area (Å²) in [5.74, 6) is 1.56. The Morgan fingerprint density at radius 3 is 3.25 bits per heavy atom. The highest BCUT2D eigenvalue weighted by molar-refractivity contribution is 5.87. The van der Waals surface area contributed by atoms with E-state index in [9.17, 15) is 4.79 Å². The molecule has 1 aliphatic rings. The van der Waals surface area contributed by atoms with E-state index in [2.05, 4.69) is 22.0 Å². The Bertz CT molecular complexity index is 410. The van der Waals surface area contributed by atoms with Crippen LogP contribution >= 0.6 is 0 Å². The fourth-order valence-electron chi connectivity index (χ4n) is 1.92. The molecule has 86 valence electrons. The van der Waals surface area contributed by atoms with Crippen molar-refractivity contribution < 1.29 is 4.79 Å².